The number of rotatable bonds is 6. The number of methoxy groups -OCH3 is 1. The van der Waals surface area contributed by atoms with Crippen molar-refractivity contribution in [1.82, 2.24) is 0 Å². The van der Waals surface area contributed by atoms with Gasteiger partial charge < -0.3 is 10.1 Å². The predicted molar refractivity (Wildman–Crippen MR) is 111 cm³/mol. The Morgan fingerprint density at radius 2 is 1.68 bits per heavy atom. The minimum absolute atomic E-state index is 0.0118. The molecule has 0 radical (unpaired) electrons. The standard InChI is InChI=1S/C21H18N2O4S/c1-27-19-13-18(23(25)26)17(12-20(19)28-2)21(24)22-16-10-8-15(9-11-16)14-6-4-3-5-7-14/h3-13H,1-2H3,(H,22,24). The summed E-state index contributed by atoms with van der Waals surface area (Å²) in [6.45, 7) is 0. The van der Waals surface area contributed by atoms with Gasteiger partial charge in [0.2, 0.25) is 0 Å². The average Bonchev–Trinajstić information content (AvgIpc) is 2.73. The quantitative estimate of drug-likeness (QED) is 0.351. The molecule has 0 aliphatic rings. The SMILES string of the molecule is COc1cc([N+](=O)[O-])c(C(=O)Nc2ccc(-c3ccccc3)cc2)cc1SC. The third-order valence-corrected chi connectivity index (χ3v) is 4.95. The highest BCUT2D eigenvalue weighted by Crippen LogP contribution is 2.34. The van der Waals surface area contributed by atoms with Crippen molar-refractivity contribution in [2.24, 2.45) is 0 Å². The minimum atomic E-state index is -0.583. The number of thioether (sulfide) groups is 1. The lowest BCUT2D eigenvalue weighted by atomic mass is 10.1. The van der Waals surface area contributed by atoms with E-state index in [4.69, 9.17) is 4.74 Å². The first-order valence-electron chi connectivity index (χ1n) is 8.40. The first-order chi connectivity index (χ1) is 13.5. The Balaban J connectivity index is 1.87. The molecule has 7 heteroatoms. The molecular weight excluding hydrogens is 376 g/mol. The topological polar surface area (TPSA) is 81.5 Å². The molecular formula is C21H18N2O4S. The number of nitro groups is 1. The number of ether oxygens (including phenoxy) is 1. The van der Waals surface area contributed by atoms with Crippen molar-refractivity contribution in [2.75, 3.05) is 18.7 Å². The van der Waals surface area contributed by atoms with E-state index >= 15 is 0 Å². The summed E-state index contributed by atoms with van der Waals surface area (Å²) >= 11 is 1.35. The average molecular weight is 394 g/mol. The molecule has 3 aromatic carbocycles. The lowest BCUT2D eigenvalue weighted by Gasteiger charge is -2.11. The fourth-order valence-electron chi connectivity index (χ4n) is 2.78. The van der Waals surface area contributed by atoms with Crippen molar-refractivity contribution in [3.8, 4) is 16.9 Å². The molecule has 0 saturated carbocycles. The first-order valence-corrected chi connectivity index (χ1v) is 9.63. The molecule has 1 amide bonds. The summed E-state index contributed by atoms with van der Waals surface area (Å²) in [7, 11) is 1.44. The van der Waals surface area contributed by atoms with Gasteiger partial charge in [-0.1, -0.05) is 42.5 Å². The molecule has 0 aliphatic heterocycles. The van der Waals surface area contributed by atoms with E-state index in [0.29, 0.717) is 16.3 Å². The lowest BCUT2D eigenvalue weighted by Crippen LogP contribution is -2.14. The highest BCUT2D eigenvalue weighted by molar-refractivity contribution is 7.98. The smallest absolute Gasteiger partial charge is 0.285 e. The number of benzene rings is 3. The van der Waals surface area contributed by atoms with Crippen molar-refractivity contribution >= 4 is 29.0 Å². The van der Waals surface area contributed by atoms with E-state index in [9.17, 15) is 14.9 Å². The summed E-state index contributed by atoms with van der Waals surface area (Å²) in [6, 6.07) is 19.9. The van der Waals surface area contributed by atoms with Gasteiger partial charge in [0.25, 0.3) is 11.6 Å². The summed E-state index contributed by atoms with van der Waals surface area (Å²) in [5.41, 5.74) is 2.32. The van der Waals surface area contributed by atoms with Crippen LogP contribution in [0.25, 0.3) is 11.1 Å². The van der Waals surface area contributed by atoms with E-state index in [1.165, 1.54) is 31.0 Å². The summed E-state index contributed by atoms with van der Waals surface area (Å²) in [4.78, 5) is 24.2. The molecule has 0 spiro atoms. The van der Waals surface area contributed by atoms with Crippen molar-refractivity contribution in [3.05, 3.63) is 82.4 Å². The largest absolute Gasteiger partial charge is 0.495 e. The predicted octanol–water partition coefficient (Wildman–Crippen LogP) is 5.24. The zero-order valence-corrected chi connectivity index (χ0v) is 16.2. The summed E-state index contributed by atoms with van der Waals surface area (Å²) in [5.74, 6) is -0.180. The van der Waals surface area contributed by atoms with Crippen LogP contribution in [-0.2, 0) is 0 Å². The van der Waals surface area contributed by atoms with Crippen LogP contribution in [0.2, 0.25) is 0 Å². The normalized spacial score (nSPS) is 10.4. The molecule has 0 saturated heterocycles. The van der Waals surface area contributed by atoms with E-state index in [1.807, 2.05) is 48.7 Å². The third kappa shape index (κ3) is 4.15. The van der Waals surface area contributed by atoms with Gasteiger partial charge in [-0.05, 0) is 35.6 Å². The molecule has 0 unspecified atom stereocenters. The number of anilines is 1. The van der Waals surface area contributed by atoms with Gasteiger partial charge >= 0.3 is 0 Å². The number of carbonyl (C=O) groups is 1. The van der Waals surface area contributed by atoms with E-state index in [2.05, 4.69) is 5.32 Å². The van der Waals surface area contributed by atoms with Gasteiger partial charge in [-0.2, -0.15) is 0 Å². The van der Waals surface area contributed by atoms with Gasteiger partial charge in [-0.15, -0.1) is 11.8 Å². The molecule has 1 N–H and O–H groups in total. The molecule has 3 rings (SSSR count). The van der Waals surface area contributed by atoms with E-state index in [0.717, 1.165) is 11.1 Å². The molecule has 0 atom stereocenters. The van der Waals surface area contributed by atoms with Crippen LogP contribution in [0.3, 0.4) is 0 Å². The van der Waals surface area contributed by atoms with Crippen LogP contribution in [-0.4, -0.2) is 24.2 Å². The highest BCUT2D eigenvalue weighted by atomic mass is 32.2. The lowest BCUT2D eigenvalue weighted by molar-refractivity contribution is -0.385. The van der Waals surface area contributed by atoms with Crippen molar-refractivity contribution in [3.63, 3.8) is 0 Å². The van der Waals surface area contributed by atoms with Crippen LogP contribution in [0, 0.1) is 10.1 Å². The van der Waals surface area contributed by atoms with Gasteiger partial charge in [0, 0.05) is 5.69 Å². The van der Waals surface area contributed by atoms with Crippen LogP contribution in [0.15, 0.2) is 71.6 Å². The first kappa shape index (κ1) is 19.4. The molecule has 0 fully saturated rings. The van der Waals surface area contributed by atoms with Crippen LogP contribution in [0.5, 0.6) is 5.75 Å². The number of carbonyl (C=O) groups excluding carboxylic acids is 1. The number of nitrogens with zero attached hydrogens (tertiary/aromatic N) is 1. The Morgan fingerprint density at radius 3 is 2.25 bits per heavy atom. The molecule has 3 aromatic rings. The summed E-state index contributed by atoms with van der Waals surface area (Å²) < 4.78 is 5.18. The van der Waals surface area contributed by atoms with Gasteiger partial charge in [-0.25, -0.2) is 0 Å². The Hall–Kier alpha value is -3.32. The Bertz CT molecular complexity index is 1000. The fraction of sp³-hybridized carbons (Fsp3) is 0.0952. The monoisotopic (exact) mass is 394 g/mol. The number of nitro benzene ring substituents is 1. The third-order valence-electron chi connectivity index (χ3n) is 4.19. The Morgan fingerprint density at radius 1 is 1.04 bits per heavy atom. The number of nitrogens with one attached hydrogen (secondary N) is 1. The molecule has 6 nitrogen and oxygen atoms in total. The second kappa shape index (κ2) is 8.58. The van der Waals surface area contributed by atoms with Crippen LogP contribution >= 0.6 is 11.8 Å². The second-order valence-electron chi connectivity index (χ2n) is 5.88. The summed E-state index contributed by atoms with van der Waals surface area (Å²) in [5, 5.41) is 14.1. The zero-order valence-electron chi connectivity index (χ0n) is 15.3. The molecule has 0 aromatic heterocycles. The maximum atomic E-state index is 12.7. The van der Waals surface area contributed by atoms with Crippen LogP contribution < -0.4 is 10.1 Å². The molecule has 0 bridgehead atoms. The summed E-state index contributed by atoms with van der Waals surface area (Å²) in [6.07, 6.45) is 1.81. The van der Waals surface area contributed by atoms with Crippen molar-refractivity contribution in [1.29, 1.82) is 0 Å². The van der Waals surface area contributed by atoms with Crippen LogP contribution in [0.4, 0.5) is 11.4 Å². The van der Waals surface area contributed by atoms with E-state index < -0.39 is 10.8 Å². The maximum Gasteiger partial charge on any atom is 0.285 e. The Labute approximate surface area is 166 Å². The van der Waals surface area contributed by atoms with Crippen molar-refractivity contribution in [2.45, 2.75) is 4.90 Å². The fourth-order valence-corrected chi connectivity index (χ4v) is 3.36. The molecule has 0 heterocycles. The minimum Gasteiger partial charge on any atom is -0.495 e. The molecule has 142 valence electrons. The maximum absolute atomic E-state index is 12.7. The van der Waals surface area contributed by atoms with E-state index in [1.54, 1.807) is 12.1 Å². The van der Waals surface area contributed by atoms with Crippen LogP contribution in [0.1, 0.15) is 10.4 Å². The zero-order chi connectivity index (χ0) is 20.1. The molecule has 28 heavy (non-hydrogen) atoms. The molecule has 0 aliphatic carbocycles. The van der Waals surface area contributed by atoms with Gasteiger partial charge in [-0.3, -0.25) is 14.9 Å². The van der Waals surface area contributed by atoms with Crippen molar-refractivity contribution < 1.29 is 14.5 Å². The number of hydrogen-bond acceptors (Lipinski definition) is 5. The number of hydrogen-bond donors (Lipinski definition) is 1. The van der Waals surface area contributed by atoms with Gasteiger partial charge in [0.1, 0.15) is 11.3 Å². The Kier molecular flexibility index (Phi) is 5.96. The van der Waals surface area contributed by atoms with E-state index in [-0.39, 0.29) is 11.3 Å². The van der Waals surface area contributed by atoms with Gasteiger partial charge in [0.05, 0.1) is 23.0 Å². The second-order valence-corrected chi connectivity index (χ2v) is 6.73. The van der Waals surface area contributed by atoms with Gasteiger partial charge in [0.15, 0.2) is 0 Å². The number of amides is 1. The highest BCUT2D eigenvalue weighted by Gasteiger charge is 2.24.